The number of aromatic nitrogens is 1. The van der Waals surface area contributed by atoms with Gasteiger partial charge in [-0.1, -0.05) is 18.0 Å². The summed E-state index contributed by atoms with van der Waals surface area (Å²) < 4.78 is 0. The molecule has 0 bridgehead atoms. The Morgan fingerprint density at radius 2 is 2.44 bits per heavy atom. The van der Waals surface area contributed by atoms with Crippen molar-refractivity contribution in [3.05, 3.63) is 29.0 Å². The number of carbonyl (C=O) groups excluding carboxylic acids is 1. The molecule has 1 amide bonds. The van der Waals surface area contributed by atoms with Crippen LogP contribution in [0.25, 0.3) is 0 Å². The average molecular weight is 268 g/mol. The molecule has 0 aliphatic carbocycles. The number of carbonyl (C=O) groups is 1. The van der Waals surface area contributed by atoms with E-state index in [-0.39, 0.29) is 11.9 Å². The van der Waals surface area contributed by atoms with Gasteiger partial charge in [0.25, 0.3) is 0 Å². The SMILES string of the molecule is CNC(=O)C1CCCCN1Cc1ccnc(Cl)c1. The van der Waals surface area contributed by atoms with E-state index in [0.717, 1.165) is 37.9 Å². The lowest BCUT2D eigenvalue weighted by atomic mass is 10.0. The first kappa shape index (κ1) is 13.3. The molecule has 0 spiro atoms. The van der Waals surface area contributed by atoms with Crippen LogP contribution < -0.4 is 5.32 Å². The summed E-state index contributed by atoms with van der Waals surface area (Å²) in [5.74, 6) is 0.106. The van der Waals surface area contributed by atoms with Crippen LogP contribution in [0.5, 0.6) is 0 Å². The number of rotatable bonds is 3. The fourth-order valence-corrected chi connectivity index (χ4v) is 2.62. The van der Waals surface area contributed by atoms with E-state index in [2.05, 4.69) is 15.2 Å². The first-order valence-corrected chi connectivity index (χ1v) is 6.64. The Labute approximate surface area is 112 Å². The van der Waals surface area contributed by atoms with Gasteiger partial charge in [-0.3, -0.25) is 9.69 Å². The van der Waals surface area contributed by atoms with Gasteiger partial charge < -0.3 is 5.32 Å². The molecule has 1 N–H and O–H groups in total. The van der Waals surface area contributed by atoms with Crippen molar-refractivity contribution >= 4 is 17.5 Å². The first-order valence-electron chi connectivity index (χ1n) is 6.27. The highest BCUT2D eigenvalue weighted by molar-refractivity contribution is 6.29. The zero-order valence-electron chi connectivity index (χ0n) is 10.5. The molecule has 1 aromatic heterocycles. The molecule has 0 saturated carbocycles. The van der Waals surface area contributed by atoms with E-state index in [1.807, 2.05) is 12.1 Å². The van der Waals surface area contributed by atoms with Crippen molar-refractivity contribution in [1.29, 1.82) is 0 Å². The van der Waals surface area contributed by atoms with Gasteiger partial charge in [-0.2, -0.15) is 0 Å². The predicted octanol–water partition coefficient (Wildman–Crippen LogP) is 1.84. The maximum Gasteiger partial charge on any atom is 0.237 e. The molecule has 18 heavy (non-hydrogen) atoms. The van der Waals surface area contributed by atoms with Gasteiger partial charge in [0.15, 0.2) is 0 Å². The first-order chi connectivity index (χ1) is 8.70. The topological polar surface area (TPSA) is 45.2 Å². The number of halogens is 1. The fraction of sp³-hybridized carbons (Fsp3) is 0.538. The van der Waals surface area contributed by atoms with Gasteiger partial charge in [-0.15, -0.1) is 0 Å². The van der Waals surface area contributed by atoms with E-state index in [9.17, 15) is 4.79 Å². The molecule has 1 aliphatic rings. The summed E-state index contributed by atoms with van der Waals surface area (Å²) in [6.07, 6.45) is 4.90. The van der Waals surface area contributed by atoms with Gasteiger partial charge >= 0.3 is 0 Å². The maximum atomic E-state index is 11.8. The zero-order chi connectivity index (χ0) is 13.0. The van der Waals surface area contributed by atoms with E-state index < -0.39 is 0 Å². The van der Waals surface area contributed by atoms with Crippen molar-refractivity contribution in [3.63, 3.8) is 0 Å². The van der Waals surface area contributed by atoms with Gasteiger partial charge in [0.2, 0.25) is 5.91 Å². The van der Waals surface area contributed by atoms with Crippen molar-refractivity contribution < 1.29 is 4.79 Å². The molecule has 4 nitrogen and oxygen atoms in total. The summed E-state index contributed by atoms with van der Waals surface area (Å²) in [5.41, 5.74) is 1.10. The Hall–Kier alpha value is -1.13. The van der Waals surface area contributed by atoms with Crippen LogP contribution in [0.15, 0.2) is 18.3 Å². The Kier molecular flexibility index (Phi) is 4.55. The smallest absolute Gasteiger partial charge is 0.237 e. The summed E-state index contributed by atoms with van der Waals surface area (Å²) in [4.78, 5) is 18.0. The molecule has 1 saturated heterocycles. The van der Waals surface area contributed by atoms with E-state index >= 15 is 0 Å². The number of hydrogen-bond donors (Lipinski definition) is 1. The number of hydrogen-bond acceptors (Lipinski definition) is 3. The van der Waals surface area contributed by atoms with Crippen molar-refractivity contribution in [2.24, 2.45) is 0 Å². The summed E-state index contributed by atoms with van der Waals surface area (Å²) in [6.45, 7) is 1.71. The molecule has 1 unspecified atom stereocenters. The lowest BCUT2D eigenvalue weighted by molar-refractivity contribution is -0.127. The summed E-state index contributed by atoms with van der Waals surface area (Å²) >= 11 is 5.88. The summed E-state index contributed by atoms with van der Waals surface area (Å²) in [6, 6.07) is 3.79. The summed E-state index contributed by atoms with van der Waals surface area (Å²) in [7, 11) is 1.69. The molecule has 98 valence electrons. The van der Waals surface area contributed by atoms with Crippen molar-refractivity contribution in [1.82, 2.24) is 15.2 Å². The molecule has 2 heterocycles. The van der Waals surface area contributed by atoms with Crippen molar-refractivity contribution in [2.45, 2.75) is 31.8 Å². The third-order valence-electron chi connectivity index (χ3n) is 3.34. The van der Waals surface area contributed by atoms with Gasteiger partial charge in [0, 0.05) is 19.8 Å². The third-order valence-corrected chi connectivity index (χ3v) is 3.55. The van der Waals surface area contributed by atoms with Crippen LogP contribution in [0.3, 0.4) is 0 Å². The number of likely N-dealkylation sites (tertiary alicyclic amines) is 1. The lowest BCUT2D eigenvalue weighted by Gasteiger charge is -2.34. The number of piperidine rings is 1. The quantitative estimate of drug-likeness (QED) is 0.850. The number of amides is 1. The van der Waals surface area contributed by atoms with E-state index in [0.29, 0.717) is 5.15 Å². The zero-order valence-corrected chi connectivity index (χ0v) is 11.3. The molecule has 1 aromatic rings. The van der Waals surface area contributed by atoms with Gasteiger partial charge in [-0.05, 0) is 37.1 Å². The Bertz CT molecular complexity index is 424. The molecule has 0 radical (unpaired) electrons. The number of pyridine rings is 1. The molecule has 2 rings (SSSR count). The van der Waals surface area contributed by atoms with Crippen LogP contribution in [0, 0.1) is 0 Å². The molecule has 1 aliphatic heterocycles. The molecule has 1 fully saturated rings. The minimum absolute atomic E-state index is 0.0179. The Balaban J connectivity index is 2.07. The van der Waals surface area contributed by atoms with E-state index in [4.69, 9.17) is 11.6 Å². The number of nitrogens with one attached hydrogen (secondary N) is 1. The van der Waals surface area contributed by atoms with Crippen molar-refractivity contribution in [2.75, 3.05) is 13.6 Å². The molecule has 5 heteroatoms. The number of nitrogens with zero attached hydrogens (tertiary/aromatic N) is 2. The minimum Gasteiger partial charge on any atom is -0.358 e. The van der Waals surface area contributed by atoms with Crippen LogP contribution in [-0.4, -0.2) is 35.4 Å². The van der Waals surface area contributed by atoms with E-state index in [1.54, 1.807) is 13.2 Å². The van der Waals surface area contributed by atoms with Gasteiger partial charge in [0.05, 0.1) is 6.04 Å². The molecule has 0 aromatic carbocycles. The van der Waals surface area contributed by atoms with Crippen molar-refractivity contribution in [3.8, 4) is 0 Å². The molecular formula is C13H18ClN3O. The van der Waals surface area contributed by atoms with Crippen LogP contribution in [0.2, 0.25) is 5.15 Å². The Morgan fingerprint density at radius 1 is 1.61 bits per heavy atom. The largest absolute Gasteiger partial charge is 0.358 e. The van der Waals surface area contributed by atoms with Gasteiger partial charge in [0.1, 0.15) is 5.15 Å². The van der Waals surface area contributed by atoms with Gasteiger partial charge in [-0.25, -0.2) is 4.98 Å². The standard InChI is InChI=1S/C13H18ClN3O/c1-15-13(18)11-4-2-3-7-17(11)9-10-5-6-16-12(14)8-10/h5-6,8,11H,2-4,7,9H2,1H3,(H,15,18). The minimum atomic E-state index is -0.0179. The second kappa shape index (κ2) is 6.16. The number of likely N-dealkylation sites (N-methyl/N-ethyl adjacent to an activating group) is 1. The molecule has 1 atom stereocenters. The second-order valence-electron chi connectivity index (χ2n) is 4.58. The lowest BCUT2D eigenvalue weighted by Crippen LogP contribution is -2.48. The van der Waals surface area contributed by atoms with E-state index in [1.165, 1.54) is 0 Å². The normalized spacial score (nSPS) is 20.7. The second-order valence-corrected chi connectivity index (χ2v) is 4.97. The monoisotopic (exact) mass is 267 g/mol. The highest BCUT2D eigenvalue weighted by Gasteiger charge is 2.27. The highest BCUT2D eigenvalue weighted by Crippen LogP contribution is 2.20. The van der Waals surface area contributed by atoms with Crippen LogP contribution >= 0.6 is 11.6 Å². The predicted molar refractivity (Wildman–Crippen MR) is 71.4 cm³/mol. The van der Waals surface area contributed by atoms with Crippen LogP contribution in [-0.2, 0) is 11.3 Å². The van der Waals surface area contributed by atoms with Crippen LogP contribution in [0.4, 0.5) is 0 Å². The Morgan fingerprint density at radius 3 is 3.17 bits per heavy atom. The summed E-state index contributed by atoms with van der Waals surface area (Å²) in [5, 5.41) is 3.24. The third kappa shape index (κ3) is 3.21. The maximum absolute atomic E-state index is 11.8. The fourth-order valence-electron chi connectivity index (χ4n) is 2.42. The highest BCUT2D eigenvalue weighted by atomic mass is 35.5. The average Bonchev–Trinajstić information content (AvgIpc) is 2.38. The molecular weight excluding hydrogens is 250 g/mol. The van der Waals surface area contributed by atoms with Crippen LogP contribution in [0.1, 0.15) is 24.8 Å².